The maximum Gasteiger partial charge on any atom is 0.315 e. The van der Waals surface area contributed by atoms with Crippen molar-refractivity contribution in [1.29, 1.82) is 0 Å². The molecular weight excluding hydrogens is 202 g/mol. The van der Waals surface area contributed by atoms with Gasteiger partial charge in [0.15, 0.2) is 0 Å². The fourth-order valence-electron chi connectivity index (χ4n) is 1.11. The molecular formula is C8H13N3O4. The number of esters is 1. The van der Waals surface area contributed by atoms with Crippen molar-refractivity contribution in [2.75, 3.05) is 6.61 Å². The number of hydrogen-bond donors (Lipinski definition) is 1. The molecule has 0 aromatic heterocycles. The minimum absolute atomic E-state index is 0.117. The number of nitrogens with zero attached hydrogens (tertiary/aromatic N) is 3. The monoisotopic (exact) mass is 215 g/mol. The largest absolute Gasteiger partial charge is 0.481 e. The summed E-state index contributed by atoms with van der Waals surface area (Å²) in [5.41, 5.74) is 8.24. The zero-order chi connectivity index (χ0) is 11.8. The molecule has 0 spiro atoms. The van der Waals surface area contributed by atoms with Crippen LogP contribution >= 0.6 is 0 Å². The number of carboxylic acids is 1. The van der Waals surface area contributed by atoms with Crippen LogP contribution in [-0.4, -0.2) is 29.7 Å². The lowest BCUT2D eigenvalue weighted by molar-refractivity contribution is -0.153. The molecule has 0 saturated heterocycles. The Kier molecular flexibility index (Phi) is 5.89. The van der Waals surface area contributed by atoms with E-state index in [-0.39, 0.29) is 13.0 Å². The molecule has 0 unspecified atom stereocenters. The highest BCUT2D eigenvalue weighted by atomic mass is 16.5. The molecule has 7 nitrogen and oxygen atoms in total. The van der Waals surface area contributed by atoms with Crippen molar-refractivity contribution in [1.82, 2.24) is 0 Å². The molecule has 0 aromatic carbocycles. The number of azide groups is 1. The topological polar surface area (TPSA) is 112 Å². The van der Waals surface area contributed by atoms with Gasteiger partial charge in [0.2, 0.25) is 0 Å². The highest BCUT2D eigenvalue weighted by Crippen LogP contribution is 2.14. The number of hydrogen-bond acceptors (Lipinski definition) is 4. The van der Waals surface area contributed by atoms with Crippen molar-refractivity contribution in [3.05, 3.63) is 10.4 Å². The predicted molar refractivity (Wildman–Crippen MR) is 51.0 cm³/mol. The number of carbonyl (C=O) groups excluding carboxylic acids is 1. The van der Waals surface area contributed by atoms with Crippen LogP contribution in [0.15, 0.2) is 5.11 Å². The highest BCUT2D eigenvalue weighted by Gasteiger charge is 2.32. The van der Waals surface area contributed by atoms with Gasteiger partial charge in [-0.1, -0.05) is 12.0 Å². The summed E-state index contributed by atoms with van der Waals surface area (Å²) in [5, 5.41) is 12.0. The first-order chi connectivity index (χ1) is 7.08. The molecule has 0 saturated carbocycles. The SMILES string of the molecule is CCOC(=O)[C@H](N=[N+]=[N-])[C@H](CC)C(=O)O. The van der Waals surface area contributed by atoms with Crippen LogP contribution in [0.4, 0.5) is 0 Å². The Bertz CT molecular complexity index is 286. The molecule has 0 amide bonds. The predicted octanol–water partition coefficient (Wildman–Crippen LogP) is 1.34. The molecule has 0 heterocycles. The Morgan fingerprint density at radius 1 is 1.53 bits per heavy atom. The van der Waals surface area contributed by atoms with E-state index in [0.717, 1.165) is 0 Å². The summed E-state index contributed by atoms with van der Waals surface area (Å²) in [4.78, 5) is 24.5. The number of carboxylic acid groups (broad SMARTS) is 1. The fourth-order valence-corrected chi connectivity index (χ4v) is 1.11. The lowest BCUT2D eigenvalue weighted by atomic mass is 9.98. The van der Waals surface area contributed by atoms with Gasteiger partial charge in [-0.2, -0.15) is 0 Å². The van der Waals surface area contributed by atoms with Gasteiger partial charge in [0, 0.05) is 4.91 Å². The lowest BCUT2D eigenvalue weighted by Gasteiger charge is -2.16. The van der Waals surface area contributed by atoms with Crippen LogP contribution < -0.4 is 0 Å². The van der Waals surface area contributed by atoms with Gasteiger partial charge in [-0.05, 0) is 18.9 Å². The summed E-state index contributed by atoms with van der Waals surface area (Å²) in [5.74, 6) is -3.02. The Morgan fingerprint density at radius 3 is 2.47 bits per heavy atom. The first-order valence-corrected chi connectivity index (χ1v) is 4.52. The fraction of sp³-hybridized carbons (Fsp3) is 0.750. The first kappa shape index (κ1) is 13.2. The van der Waals surface area contributed by atoms with E-state index >= 15 is 0 Å². The van der Waals surface area contributed by atoms with Gasteiger partial charge >= 0.3 is 11.9 Å². The summed E-state index contributed by atoms with van der Waals surface area (Å²) in [6, 6.07) is -1.29. The lowest BCUT2D eigenvalue weighted by Crippen LogP contribution is -2.34. The van der Waals surface area contributed by atoms with Crippen molar-refractivity contribution in [2.24, 2.45) is 11.0 Å². The highest BCUT2D eigenvalue weighted by molar-refractivity contribution is 5.84. The minimum atomic E-state index is -1.29. The van der Waals surface area contributed by atoms with E-state index < -0.39 is 23.9 Å². The summed E-state index contributed by atoms with van der Waals surface area (Å²) in [6.07, 6.45) is 0.192. The summed E-state index contributed by atoms with van der Waals surface area (Å²) < 4.78 is 4.62. The smallest absolute Gasteiger partial charge is 0.315 e. The quantitative estimate of drug-likeness (QED) is 0.311. The van der Waals surface area contributed by atoms with E-state index in [1.54, 1.807) is 13.8 Å². The summed E-state index contributed by atoms with van der Waals surface area (Å²) in [6.45, 7) is 3.30. The zero-order valence-electron chi connectivity index (χ0n) is 8.58. The van der Waals surface area contributed by atoms with Gasteiger partial charge in [-0.3, -0.25) is 9.59 Å². The minimum Gasteiger partial charge on any atom is -0.481 e. The van der Waals surface area contributed by atoms with Crippen LogP contribution in [0.3, 0.4) is 0 Å². The number of ether oxygens (including phenoxy) is 1. The Labute approximate surface area is 86.7 Å². The standard InChI is InChI=1S/C8H13N3O4/c1-3-5(7(12)13)6(10-11-9)8(14)15-4-2/h5-6H,3-4H2,1-2H3,(H,12,13)/t5-,6+/m0/s1. The second-order valence-corrected chi connectivity index (χ2v) is 2.75. The molecule has 2 atom stereocenters. The van der Waals surface area contributed by atoms with E-state index in [1.165, 1.54) is 0 Å². The second kappa shape index (κ2) is 6.67. The van der Waals surface area contributed by atoms with E-state index in [0.29, 0.717) is 0 Å². The summed E-state index contributed by atoms with van der Waals surface area (Å²) >= 11 is 0. The third-order valence-electron chi connectivity index (χ3n) is 1.84. The molecule has 0 aromatic rings. The third-order valence-corrected chi connectivity index (χ3v) is 1.84. The Balaban J connectivity index is 4.84. The Morgan fingerprint density at radius 2 is 2.13 bits per heavy atom. The van der Waals surface area contributed by atoms with E-state index in [1.807, 2.05) is 0 Å². The van der Waals surface area contributed by atoms with Crippen molar-refractivity contribution in [3.63, 3.8) is 0 Å². The first-order valence-electron chi connectivity index (χ1n) is 4.52. The molecule has 0 aliphatic rings. The second-order valence-electron chi connectivity index (χ2n) is 2.75. The Hall–Kier alpha value is -1.75. The molecule has 1 N–H and O–H groups in total. The van der Waals surface area contributed by atoms with Crippen LogP contribution in [0.25, 0.3) is 10.4 Å². The molecule has 0 bridgehead atoms. The van der Waals surface area contributed by atoms with Gasteiger partial charge in [0.25, 0.3) is 0 Å². The van der Waals surface area contributed by atoms with Crippen LogP contribution in [0.1, 0.15) is 20.3 Å². The third kappa shape index (κ3) is 3.86. The van der Waals surface area contributed by atoms with Crippen LogP contribution in [-0.2, 0) is 14.3 Å². The molecule has 0 fully saturated rings. The van der Waals surface area contributed by atoms with Gasteiger partial charge in [0.05, 0.1) is 12.5 Å². The zero-order valence-corrected chi connectivity index (χ0v) is 8.58. The molecule has 0 aliphatic heterocycles. The molecule has 0 aliphatic carbocycles. The van der Waals surface area contributed by atoms with E-state index in [4.69, 9.17) is 10.6 Å². The molecule has 0 rings (SSSR count). The van der Waals surface area contributed by atoms with Gasteiger partial charge in [-0.15, -0.1) is 0 Å². The van der Waals surface area contributed by atoms with Crippen molar-refractivity contribution in [3.8, 4) is 0 Å². The average Bonchev–Trinajstić information content (AvgIpc) is 2.17. The molecule has 0 radical (unpaired) electrons. The van der Waals surface area contributed by atoms with Crippen molar-refractivity contribution >= 4 is 11.9 Å². The van der Waals surface area contributed by atoms with Crippen LogP contribution in [0.5, 0.6) is 0 Å². The van der Waals surface area contributed by atoms with Gasteiger partial charge < -0.3 is 9.84 Å². The van der Waals surface area contributed by atoms with Crippen LogP contribution in [0, 0.1) is 5.92 Å². The van der Waals surface area contributed by atoms with E-state index in [9.17, 15) is 9.59 Å². The molecule has 7 heteroatoms. The normalized spacial score (nSPS) is 13.5. The van der Waals surface area contributed by atoms with Crippen molar-refractivity contribution in [2.45, 2.75) is 26.3 Å². The summed E-state index contributed by atoms with van der Waals surface area (Å²) in [7, 11) is 0. The molecule has 15 heavy (non-hydrogen) atoms. The van der Waals surface area contributed by atoms with Crippen molar-refractivity contribution < 1.29 is 19.4 Å². The number of aliphatic carboxylic acids is 1. The van der Waals surface area contributed by atoms with Crippen LogP contribution in [0.2, 0.25) is 0 Å². The van der Waals surface area contributed by atoms with Gasteiger partial charge in [-0.25, -0.2) is 0 Å². The average molecular weight is 215 g/mol. The maximum absolute atomic E-state index is 11.3. The number of rotatable bonds is 6. The van der Waals surface area contributed by atoms with E-state index in [2.05, 4.69) is 14.8 Å². The maximum atomic E-state index is 11.3. The van der Waals surface area contributed by atoms with Gasteiger partial charge in [0.1, 0.15) is 6.04 Å². The molecule has 84 valence electrons. The number of carbonyl (C=O) groups is 2.